The van der Waals surface area contributed by atoms with Gasteiger partial charge in [0.05, 0.1) is 6.04 Å². The number of nitrogens with one attached hydrogen (secondary N) is 1. The predicted molar refractivity (Wildman–Crippen MR) is 60.0 cm³/mol. The highest BCUT2D eigenvalue weighted by Crippen LogP contribution is 2.17. The zero-order valence-corrected chi connectivity index (χ0v) is 9.61. The van der Waals surface area contributed by atoms with Gasteiger partial charge in [0.15, 0.2) is 0 Å². The van der Waals surface area contributed by atoms with Gasteiger partial charge in [-0.05, 0) is 24.6 Å². The minimum Gasteiger partial charge on any atom is -0.427 e. The SMILES string of the molecule is CC(=O)NC(C)c1ccc(OC(C)=O)cc1. The Hall–Kier alpha value is -1.84. The summed E-state index contributed by atoms with van der Waals surface area (Å²) in [7, 11) is 0. The van der Waals surface area contributed by atoms with Crippen molar-refractivity contribution in [3.8, 4) is 5.75 Å². The number of carbonyl (C=O) groups is 2. The highest BCUT2D eigenvalue weighted by Gasteiger charge is 2.06. The third-order valence-corrected chi connectivity index (χ3v) is 2.06. The van der Waals surface area contributed by atoms with Gasteiger partial charge in [0.2, 0.25) is 5.91 Å². The molecule has 86 valence electrons. The van der Waals surface area contributed by atoms with E-state index in [2.05, 4.69) is 5.32 Å². The van der Waals surface area contributed by atoms with Crippen LogP contribution in [0, 0.1) is 0 Å². The van der Waals surface area contributed by atoms with E-state index in [-0.39, 0.29) is 17.9 Å². The van der Waals surface area contributed by atoms with Gasteiger partial charge in [-0.2, -0.15) is 0 Å². The summed E-state index contributed by atoms with van der Waals surface area (Å²) < 4.78 is 4.90. The molecule has 1 rings (SSSR count). The molecule has 0 aliphatic rings. The highest BCUT2D eigenvalue weighted by molar-refractivity contribution is 5.73. The molecule has 0 aromatic heterocycles. The predicted octanol–water partition coefficient (Wildman–Crippen LogP) is 1.81. The Kier molecular flexibility index (Phi) is 4.05. The molecule has 0 aliphatic heterocycles. The molecular weight excluding hydrogens is 206 g/mol. The maximum Gasteiger partial charge on any atom is 0.308 e. The van der Waals surface area contributed by atoms with Crippen LogP contribution in [0.1, 0.15) is 32.4 Å². The van der Waals surface area contributed by atoms with E-state index < -0.39 is 0 Å². The standard InChI is InChI=1S/C12H15NO3/c1-8(13-9(2)14)11-4-6-12(7-5-11)16-10(3)15/h4-8H,1-3H3,(H,13,14). The minimum atomic E-state index is -0.345. The summed E-state index contributed by atoms with van der Waals surface area (Å²) in [6, 6.07) is 6.99. The summed E-state index contributed by atoms with van der Waals surface area (Å²) in [4.78, 5) is 21.6. The first-order chi connectivity index (χ1) is 7.49. The Morgan fingerprint density at radius 2 is 1.75 bits per heavy atom. The molecule has 4 nitrogen and oxygen atoms in total. The van der Waals surface area contributed by atoms with E-state index in [0.717, 1.165) is 5.56 Å². The molecule has 1 aromatic rings. The van der Waals surface area contributed by atoms with Crippen molar-refractivity contribution in [1.82, 2.24) is 5.32 Å². The number of rotatable bonds is 3. The lowest BCUT2D eigenvalue weighted by Crippen LogP contribution is -2.23. The molecule has 1 amide bonds. The number of benzene rings is 1. The summed E-state index contributed by atoms with van der Waals surface area (Å²) in [6.45, 7) is 4.72. The van der Waals surface area contributed by atoms with Crippen LogP contribution in [0.4, 0.5) is 0 Å². The maximum absolute atomic E-state index is 10.9. The molecule has 0 heterocycles. The first-order valence-electron chi connectivity index (χ1n) is 5.04. The summed E-state index contributed by atoms with van der Waals surface area (Å²) in [5.74, 6) is 0.0884. The molecule has 0 radical (unpaired) electrons. The van der Waals surface area contributed by atoms with Crippen LogP contribution in [-0.2, 0) is 9.59 Å². The van der Waals surface area contributed by atoms with Crippen molar-refractivity contribution >= 4 is 11.9 Å². The van der Waals surface area contributed by atoms with Crippen molar-refractivity contribution in [2.45, 2.75) is 26.8 Å². The molecule has 0 saturated heterocycles. The normalized spacial score (nSPS) is 11.7. The maximum atomic E-state index is 10.9. The summed E-state index contributed by atoms with van der Waals surface area (Å²) in [6.07, 6.45) is 0. The molecule has 16 heavy (non-hydrogen) atoms. The van der Waals surface area contributed by atoms with E-state index in [1.54, 1.807) is 12.1 Å². The molecule has 0 spiro atoms. The fourth-order valence-electron chi connectivity index (χ4n) is 1.38. The van der Waals surface area contributed by atoms with Crippen LogP contribution in [0.15, 0.2) is 24.3 Å². The Morgan fingerprint density at radius 3 is 2.19 bits per heavy atom. The second-order valence-corrected chi connectivity index (χ2v) is 3.58. The van der Waals surface area contributed by atoms with Gasteiger partial charge in [-0.3, -0.25) is 9.59 Å². The molecule has 1 N–H and O–H groups in total. The number of esters is 1. The average Bonchev–Trinajstić information content (AvgIpc) is 2.16. The van der Waals surface area contributed by atoms with Gasteiger partial charge < -0.3 is 10.1 Å². The number of ether oxygens (including phenoxy) is 1. The van der Waals surface area contributed by atoms with Gasteiger partial charge in [-0.15, -0.1) is 0 Å². The summed E-state index contributed by atoms with van der Waals surface area (Å²) >= 11 is 0. The molecule has 1 atom stereocenters. The average molecular weight is 221 g/mol. The van der Waals surface area contributed by atoms with Crippen molar-refractivity contribution in [3.05, 3.63) is 29.8 Å². The lowest BCUT2D eigenvalue weighted by molar-refractivity contribution is -0.131. The zero-order valence-electron chi connectivity index (χ0n) is 9.61. The molecule has 0 bridgehead atoms. The zero-order chi connectivity index (χ0) is 12.1. The van der Waals surface area contributed by atoms with E-state index in [1.165, 1.54) is 13.8 Å². The van der Waals surface area contributed by atoms with Crippen LogP contribution in [-0.4, -0.2) is 11.9 Å². The smallest absolute Gasteiger partial charge is 0.308 e. The van der Waals surface area contributed by atoms with Gasteiger partial charge in [0.1, 0.15) is 5.75 Å². The Bertz CT molecular complexity index is 384. The molecule has 4 heteroatoms. The van der Waals surface area contributed by atoms with Crippen molar-refractivity contribution in [2.24, 2.45) is 0 Å². The van der Waals surface area contributed by atoms with Crippen molar-refractivity contribution in [3.63, 3.8) is 0 Å². The summed E-state index contributed by atoms with van der Waals surface area (Å²) in [5, 5.41) is 2.77. The van der Waals surface area contributed by atoms with Gasteiger partial charge >= 0.3 is 5.97 Å². The van der Waals surface area contributed by atoms with E-state index >= 15 is 0 Å². The van der Waals surface area contributed by atoms with Crippen LogP contribution < -0.4 is 10.1 Å². The monoisotopic (exact) mass is 221 g/mol. The molecule has 0 saturated carbocycles. The number of carbonyl (C=O) groups excluding carboxylic acids is 2. The van der Waals surface area contributed by atoms with Crippen molar-refractivity contribution in [1.29, 1.82) is 0 Å². The first kappa shape index (κ1) is 12.2. The van der Waals surface area contributed by atoms with Crippen LogP contribution in [0.25, 0.3) is 0 Å². The lowest BCUT2D eigenvalue weighted by Gasteiger charge is -2.13. The second kappa shape index (κ2) is 5.30. The van der Waals surface area contributed by atoms with Crippen LogP contribution >= 0.6 is 0 Å². The number of amides is 1. The molecular formula is C12H15NO3. The fourth-order valence-corrected chi connectivity index (χ4v) is 1.38. The van der Waals surface area contributed by atoms with E-state index in [9.17, 15) is 9.59 Å². The Balaban J connectivity index is 2.70. The Labute approximate surface area is 94.6 Å². The molecule has 1 unspecified atom stereocenters. The molecule has 0 fully saturated rings. The van der Waals surface area contributed by atoms with E-state index in [4.69, 9.17) is 4.74 Å². The quantitative estimate of drug-likeness (QED) is 0.625. The fraction of sp³-hybridized carbons (Fsp3) is 0.333. The third kappa shape index (κ3) is 3.73. The summed E-state index contributed by atoms with van der Waals surface area (Å²) in [5.41, 5.74) is 0.964. The number of hydrogen-bond donors (Lipinski definition) is 1. The van der Waals surface area contributed by atoms with Crippen molar-refractivity contribution < 1.29 is 14.3 Å². The van der Waals surface area contributed by atoms with E-state index in [0.29, 0.717) is 5.75 Å². The van der Waals surface area contributed by atoms with Crippen LogP contribution in [0.5, 0.6) is 5.75 Å². The first-order valence-corrected chi connectivity index (χ1v) is 5.04. The van der Waals surface area contributed by atoms with Gasteiger partial charge in [-0.1, -0.05) is 12.1 Å². The Morgan fingerprint density at radius 1 is 1.19 bits per heavy atom. The number of hydrogen-bond acceptors (Lipinski definition) is 3. The van der Waals surface area contributed by atoms with Gasteiger partial charge in [-0.25, -0.2) is 0 Å². The molecule has 1 aromatic carbocycles. The van der Waals surface area contributed by atoms with Crippen LogP contribution in [0.3, 0.4) is 0 Å². The second-order valence-electron chi connectivity index (χ2n) is 3.58. The third-order valence-electron chi connectivity index (χ3n) is 2.06. The van der Waals surface area contributed by atoms with E-state index in [1.807, 2.05) is 19.1 Å². The lowest BCUT2D eigenvalue weighted by atomic mass is 10.1. The van der Waals surface area contributed by atoms with Crippen LogP contribution in [0.2, 0.25) is 0 Å². The topological polar surface area (TPSA) is 55.4 Å². The van der Waals surface area contributed by atoms with Gasteiger partial charge in [0.25, 0.3) is 0 Å². The minimum absolute atomic E-state index is 0.0520. The molecule has 0 aliphatic carbocycles. The largest absolute Gasteiger partial charge is 0.427 e. The van der Waals surface area contributed by atoms with Gasteiger partial charge in [0, 0.05) is 13.8 Å². The van der Waals surface area contributed by atoms with Crippen molar-refractivity contribution in [2.75, 3.05) is 0 Å². The highest BCUT2D eigenvalue weighted by atomic mass is 16.5.